The molecule has 0 spiro atoms. The zero-order valence-electron chi connectivity index (χ0n) is 10.3. The molecule has 0 unspecified atom stereocenters. The Hall–Kier alpha value is -1.84. The third kappa shape index (κ3) is 2.23. The van der Waals surface area contributed by atoms with E-state index in [1.807, 2.05) is 30.3 Å². The molecule has 1 fully saturated rings. The minimum atomic E-state index is -0.0655. The van der Waals surface area contributed by atoms with E-state index >= 15 is 0 Å². The quantitative estimate of drug-likeness (QED) is 0.639. The van der Waals surface area contributed by atoms with Gasteiger partial charge in [0.1, 0.15) is 12.1 Å². The standard InChI is InChI=1S/C14H17N3O/c18-13(10-6-2-1-3-7-10)17-14-15-11-8-4-5-9-12(11)16-14/h1-3,6-7,11-12H,4-5,8-9H2,(H2,15,16,17,18)/p+1/t11-,12-/m1/s1. The number of fused-ring (bicyclic) bond motifs is 1. The summed E-state index contributed by atoms with van der Waals surface area (Å²) in [5.74, 6) is 0.699. The lowest BCUT2D eigenvalue weighted by Gasteiger charge is -2.19. The van der Waals surface area contributed by atoms with Crippen LogP contribution in [-0.2, 0) is 0 Å². The van der Waals surface area contributed by atoms with E-state index in [-0.39, 0.29) is 5.91 Å². The van der Waals surface area contributed by atoms with E-state index in [0.717, 1.165) is 5.96 Å². The first-order valence-corrected chi connectivity index (χ1v) is 6.59. The Kier molecular flexibility index (Phi) is 3.00. The van der Waals surface area contributed by atoms with Gasteiger partial charge in [-0.25, -0.2) is 5.32 Å². The van der Waals surface area contributed by atoms with Crippen molar-refractivity contribution in [2.75, 3.05) is 0 Å². The van der Waals surface area contributed by atoms with Gasteiger partial charge in [0.25, 0.3) is 0 Å². The number of amides is 1. The van der Waals surface area contributed by atoms with Crippen molar-refractivity contribution in [1.82, 2.24) is 10.6 Å². The molecule has 1 heterocycles. The molecule has 4 nitrogen and oxygen atoms in total. The molecule has 2 atom stereocenters. The molecule has 1 amide bonds. The maximum atomic E-state index is 12.0. The van der Waals surface area contributed by atoms with Crippen molar-refractivity contribution in [3.63, 3.8) is 0 Å². The molecule has 1 aromatic carbocycles. The highest BCUT2D eigenvalue weighted by atomic mass is 16.1. The zero-order valence-corrected chi connectivity index (χ0v) is 10.3. The third-order valence-electron chi connectivity index (χ3n) is 3.70. The molecule has 1 aliphatic carbocycles. The van der Waals surface area contributed by atoms with E-state index in [4.69, 9.17) is 0 Å². The van der Waals surface area contributed by atoms with Gasteiger partial charge in [0, 0.05) is 0 Å². The minimum absolute atomic E-state index is 0.0655. The second-order valence-corrected chi connectivity index (χ2v) is 4.98. The van der Waals surface area contributed by atoms with E-state index in [1.165, 1.54) is 25.7 Å². The van der Waals surface area contributed by atoms with Gasteiger partial charge in [0.15, 0.2) is 0 Å². The zero-order chi connectivity index (χ0) is 12.4. The number of guanidine groups is 1. The molecule has 3 N–H and O–H groups in total. The third-order valence-corrected chi connectivity index (χ3v) is 3.70. The average Bonchev–Trinajstić information content (AvgIpc) is 2.82. The van der Waals surface area contributed by atoms with Crippen molar-refractivity contribution in [2.24, 2.45) is 0 Å². The van der Waals surface area contributed by atoms with Gasteiger partial charge in [0.05, 0.1) is 5.56 Å². The van der Waals surface area contributed by atoms with Crippen molar-refractivity contribution in [3.05, 3.63) is 35.9 Å². The molecule has 1 saturated carbocycles. The van der Waals surface area contributed by atoms with Crippen LogP contribution in [0.5, 0.6) is 0 Å². The largest absolute Gasteiger partial charge is 0.351 e. The Morgan fingerprint density at radius 3 is 2.78 bits per heavy atom. The van der Waals surface area contributed by atoms with Crippen LogP contribution in [0.25, 0.3) is 0 Å². The predicted octanol–water partition coefficient (Wildman–Crippen LogP) is -0.233. The number of benzene rings is 1. The lowest BCUT2D eigenvalue weighted by molar-refractivity contribution is -0.500. The number of hydrogen-bond donors (Lipinski definition) is 3. The van der Waals surface area contributed by atoms with Crippen molar-refractivity contribution in [3.8, 4) is 0 Å². The van der Waals surface area contributed by atoms with Gasteiger partial charge in [-0.05, 0) is 37.8 Å². The first-order valence-electron chi connectivity index (χ1n) is 6.59. The number of carbonyl (C=O) groups excluding carboxylic acids is 1. The van der Waals surface area contributed by atoms with Gasteiger partial charge in [0.2, 0.25) is 0 Å². The van der Waals surface area contributed by atoms with Crippen LogP contribution in [0.3, 0.4) is 0 Å². The molecule has 94 valence electrons. The van der Waals surface area contributed by atoms with Crippen LogP contribution in [0, 0.1) is 0 Å². The molecule has 3 rings (SSSR count). The maximum absolute atomic E-state index is 12.0. The molecule has 2 aliphatic rings. The minimum Gasteiger partial charge on any atom is -0.271 e. The number of nitrogens with one attached hydrogen (secondary N) is 3. The summed E-state index contributed by atoms with van der Waals surface area (Å²) in [6, 6.07) is 10.2. The number of hydrogen-bond acceptors (Lipinski definition) is 2. The van der Waals surface area contributed by atoms with Gasteiger partial charge < -0.3 is 0 Å². The average molecular weight is 244 g/mol. The maximum Gasteiger partial charge on any atom is 0.351 e. The van der Waals surface area contributed by atoms with E-state index in [9.17, 15) is 4.79 Å². The van der Waals surface area contributed by atoms with Gasteiger partial charge in [-0.3, -0.25) is 15.1 Å². The summed E-state index contributed by atoms with van der Waals surface area (Å²) in [6.45, 7) is 0. The lowest BCUT2D eigenvalue weighted by atomic mass is 9.92. The summed E-state index contributed by atoms with van der Waals surface area (Å²) in [6.07, 6.45) is 4.91. The highest BCUT2D eigenvalue weighted by molar-refractivity contribution is 6.04. The molecule has 0 bridgehead atoms. The summed E-state index contributed by atoms with van der Waals surface area (Å²) < 4.78 is 0. The number of rotatable bonds is 1. The Morgan fingerprint density at radius 1 is 1.22 bits per heavy atom. The summed E-state index contributed by atoms with van der Waals surface area (Å²) in [5, 5.41) is 6.27. The molecule has 1 aliphatic heterocycles. The van der Waals surface area contributed by atoms with Gasteiger partial charge in [-0.15, -0.1) is 0 Å². The highest BCUT2D eigenvalue weighted by Crippen LogP contribution is 2.16. The Labute approximate surface area is 106 Å². The first kappa shape index (κ1) is 11.3. The normalized spacial score (nSPS) is 25.9. The SMILES string of the molecule is O=C(NC1=[NH+][C@@H]2CCCC[C@H]2N1)c1ccccc1. The smallest absolute Gasteiger partial charge is 0.271 e. The van der Waals surface area contributed by atoms with Crippen molar-refractivity contribution < 1.29 is 9.79 Å². The second-order valence-electron chi connectivity index (χ2n) is 4.98. The molecular weight excluding hydrogens is 226 g/mol. The summed E-state index contributed by atoms with van der Waals surface area (Å²) >= 11 is 0. The predicted molar refractivity (Wildman–Crippen MR) is 69.1 cm³/mol. The van der Waals surface area contributed by atoms with Crippen molar-refractivity contribution in [2.45, 2.75) is 37.8 Å². The molecule has 0 radical (unpaired) electrons. The summed E-state index contributed by atoms with van der Waals surface area (Å²) in [5.41, 5.74) is 0.684. The van der Waals surface area contributed by atoms with Crippen LogP contribution in [0.2, 0.25) is 0 Å². The van der Waals surface area contributed by atoms with E-state index < -0.39 is 0 Å². The molecule has 1 aromatic rings. The fourth-order valence-electron chi connectivity index (χ4n) is 2.74. The Bertz CT molecular complexity index is 469. The lowest BCUT2D eigenvalue weighted by Crippen LogP contribution is -2.80. The van der Waals surface area contributed by atoms with Crippen LogP contribution in [0.4, 0.5) is 0 Å². The Balaban J connectivity index is 1.65. The van der Waals surface area contributed by atoms with E-state index in [2.05, 4.69) is 15.6 Å². The van der Waals surface area contributed by atoms with Crippen LogP contribution >= 0.6 is 0 Å². The summed E-state index contributed by atoms with van der Waals surface area (Å²) in [4.78, 5) is 15.4. The second kappa shape index (κ2) is 4.80. The highest BCUT2D eigenvalue weighted by Gasteiger charge is 2.36. The monoisotopic (exact) mass is 244 g/mol. The van der Waals surface area contributed by atoms with Crippen LogP contribution in [0.15, 0.2) is 30.3 Å². The fraction of sp³-hybridized carbons (Fsp3) is 0.429. The molecule has 0 aromatic heterocycles. The molecular formula is C14H18N3O+. The first-order chi connectivity index (χ1) is 8.83. The molecule has 0 saturated heterocycles. The molecule has 18 heavy (non-hydrogen) atoms. The van der Waals surface area contributed by atoms with Crippen molar-refractivity contribution >= 4 is 11.9 Å². The topological polar surface area (TPSA) is 55.1 Å². The van der Waals surface area contributed by atoms with Gasteiger partial charge >= 0.3 is 11.9 Å². The van der Waals surface area contributed by atoms with Crippen molar-refractivity contribution in [1.29, 1.82) is 0 Å². The van der Waals surface area contributed by atoms with Crippen LogP contribution in [-0.4, -0.2) is 24.0 Å². The Morgan fingerprint density at radius 2 is 2.00 bits per heavy atom. The number of carbonyl (C=O) groups is 1. The van der Waals surface area contributed by atoms with Gasteiger partial charge in [-0.1, -0.05) is 18.2 Å². The summed E-state index contributed by atoms with van der Waals surface area (Å²) in [7, 11) is 0. The van der Waals surface area contributed by atoms with Crippen LogP contribution < -0.4 is 15.6 Å². The van der Waals surface area contributed by atoms with Crippen LogP contribution in [0.1, 0.15) is 36.0 Å². The van der Waals surface area contributed by atoms with E-state index in [1.54, 1.807) is 0 Å². The molecule has 4 heteroatoms. The van der Waals surface area contributed by atoms with E-state index in [0.29, 0.717) is 17.6 Å². The van der Waals surface area contributed by atoms with Gasteiger partial charge in [-0.2, -0.15) is 0 Å². The fourth-order valence-corrected chi connectivity index (χ4v) is 2.74.